The van der Waals surface area contributed by atoms with Gasteiger partial charge in [-0.1, -0.05) is 30.3 Å². The second-order valence-electron chi connectivity index (χ2n) is 5.15. The van der Waals surface area contributed by atoms with Crippen molar-refractivity contribution in [3.05, 3.63) is 71.7 Å². The van der Waals surface area contributed by atoms with Gasteiger partial charge < -0.3 is 10.1 Å². The van der Waals surface area contributed by atoms with Gasteiger partial charge in [0.15, 0.2) is 12.3 Å². The van der Waals surface area contributed by atoms with Gasteiger partial charge in [0.05, 0.1) is 5.71 Å². The molecule has 0 spiro atoms. The van der Waals surface area contributed by atoms with E-state index in [1.807, 2.05) is 30.3 Å². The topological polar surface area (TPSA) is 102 Å². The lowest BCUT2D eigenvalue weighted by molar-refractivity contribution is 0.0691. The van der Waals surface area contributed by atoms with E-state index in [4.69, 9.17) is 10.5 Å². The predicted molar refractivity (Wildman–Crippen MR) is 95.7 cm³/mol. The maximum absolute atomic E-state index is 12.7. The zero-order chi connectivity index (χ0) is 17.8. The maximum atomic E-state index is 12.7. The first-order chi connectivity index (χ1) is 12.1. The number of halogens is 1. The predicted octanol–water partition coefficient (Wildman–Crippen LogP) is 4.14. The second-order valence-corrected chi connectivity index (χ2v) is 5.51. The van der Waals surface area contributed by atoms with Crippen LogP contribution < -0.4 is 4.72 Å². The summed E-state index contributed by atoms with van der Waals surface area (Å²) in [5.41, 5.74) is 2.41. The minimum atomic E-state index is -1.12. The second kappa shape index (κ2) is 7.18. The number of nitrogens with one attached hydrogen (secondary N) is 3. The molecule has 0 aliphatic carbocycles. The van der Waals surface area contributed by atoms with E-state index in [2.05, 4.69) is 14.7 Å². The van der Waals surface area contributed by atoms with Crippen LogP contribution >= 0.6 is 12.3 Å². The summed E-state index contributed by atoms with van der Waals surface area (Å²) in [5, 5.41) is 17.4. The Labute approximate surface area is 147 Å². The van der Waals surface area contributed by atoms with Crippen LogP contribution in [0.2, 0.25) is 0 Å². The Bertz CT molecular complexity index is 927. The maximum Gasteiger partial charge on any atom is 0.352 e. The van der Waals surface area contributed by atoms with Crippen molar-refractivity contribution in [2.24, 2.45) is 0 Å². The summed E-state index contributed by atoms with van der Waals surface area (Å²) in [5.74, 6) is -0.928. The van der Waals surface area contributed by atoms with Gasteiger partial charge in [-0.05, 0) is 17.7 Å². The van der Waals surface area contributed by atoms with E-state index in [9.17, 15) is 8.68 Å². The number of carbonyl (C=O) groups is 1. The number of H-pyrrole nitrogens is 1. The smallest absolute Gasteiger partial charge is 0.352 e. The molecule has 4 N–H and O–H groups in total. The molecule has 0 saturated carbocycles. The number of aromatic carboxylic acids is 1. The third-order valence-corrected chi connectivity index (χ3v) is 3.87. The first-order valence-electron chi connectivity index (χ1n) is 7.20. The number of aromatic nitrogens is 2. The van der Waals surface area contributed by atoms with Gasteiger partial charge in [0.2, 0.25) is 0 Å². The molecule has 2 heterocycles. The standard InChI is InChI=1S/C17H13FN4O2S/c18-25-22-16-13(15(19)12-7-14(17(23)24)20-9-12)6-11(8-21-16)10-4-2-1-3-5-10/h1-9,19-20H,(H,21,22)(H,23,24). The first-order valence-corrected chi connectivity index (χ1v) is 7.92. The summed E-state index contributed by atoms with van der Waals surface area (Å²) in [6, 6.07) is 12.5. The Morgan fingerprint density at radius 1 is 1.24 bits per heavy atom. The summed E-state index contributed by atoms with van der Waals surface area (Å²) in [7, 11) is 0. The lowest BCUT2D eigenvalue weighted by atomic mass is 10.0. The van der Waals surface area contributed by atoms with E-state index >= 15 is 0 Å². The third-order valence-electron chi connectivity index (χ3n) is 3.60. The number of carboxylic acids is 1. The van der Waals surface area contributed by atoms with Crippen molar-refractivity contribution in [2.75, 3.05) is 4.72 Å². The summed E-state index contributed by atoms with van der Waals surface area (Å²) in [6.07, 6.45) is 3.01. The molecular formula is C17H13FN4O2S. The molecule has 0 radical (unpaired) electrons. The zero-order valence-corrected chi connectivity index (χ0v) is 13.6. The summed E-state index contributed by atoms with van der Waals surface area (Å²) >= 11 is -0.118. The van der Waals surface area contributed by atoms with Crippen molar-refractivity contribution in [3.8, 4) is 11.1 Å². The fourth-order valence-corrected chi connectivity index (χ4v) is 2.62. The largest absolute Gasteiger partial charge is 0.477 e. The van der Waals surface area contributed by atoms with Crippen LogP contribution in [0.3, 0.4) is 0 Å². The minimum Gasteiger partial charge on any atom is -0.477 e. The van der Waals surface area contributed by atoms with Gasteiger partial charge in [-0.2, -0.15) is 0 Å². The molecule has 0 unspecified atom stereocenters. The molecule has 3 rings (SSSR count). The molecule has 0 bridgehead atoms. The minimum absolute atomic E-state index is 0.0266. The molecule has 25 heavy (non-hydrogen) atoms. The van der Waals surface area contributed by atoms with Crippen LogP contribution in [0.15, 0.2) is 54.9 Å². The molecular weight excluding hydrogens is 343 g/mol. The number of anilines is 1. The number of rotatable bonds is 6. The molecule has 0 fully saturated rings. The summed E-state index contributed by atoms with van der Waals surface area (Å²) in [4.78, 5) is 17.8. The van der Waals surface area contributed by atoms with Crippen LogP contribution in [0.1, 0.15) is 21.6 Å². The number of carboxylic acid groups (broad SMARTS) is 1. The first kappa shape index (κ1) is 16.7. The normalized spacial score (nSPS) is 10.4. The van der Waals surface area contributed by atoms with Crippen molar-refractivity contribution >= 4 is 29.8 Å². The van der Waals surface area contributed by atoms with Crippen LogP contribution in [0, 0.1) is 5.41 Å². The fourth-order valence-electron chi connectivity index (χ4n) is 2.38. The molecule has 0 amide bonds. The van der Waals surface area contributed by atoms with Crippen molar-refractivity contribution in [2.45, 2.75) is 0 Å². The molecule has 126 valence electrons. The quantitative estimate of drug-likeness (QED) is 0.393. The van der Waals surface area contributed by atoms with Gasteiger partial charge >= 0.3 is 5.97 Å². The molecule has 0 aliphatic rings. The molecule has 0 saturated heterocycles. The van der Waals surface area contributed by atoms with Gasteiger partial charge in [0.1, 0.15) is 11.5 Å². The molecule has 8 heteroatoms. The highest BCUT2D eigenvalue weighted by molar-refractivity contribution is 7.95. The van der Waals surface area contributed by atoms with Gasteiger partial charge in [-0.25, -0.2) is 9.78 Å². The van der Waals surface area contributed by atoms with Crippen LogP contribution in [0.25, 0.3) is 11.1 Å². The van der Waals surface area contributed by atoms with Crippen LogP contribution in [-0.4, -0.2) is 26.8 Å². The summed E-state index contributed by atoms with van der Waals surface area (Å²) < 4.78 is 15.1. The van der Waals surface area contributed by atoms with Gasteiger partial charge in [-0.3, -0.25) is 10.1 Å². The molecule has 6 nitrogen and oxygen atoms in total. The number of hydrogen-bond acceptors (Lipinski definition) is 5. The number of pyridine rings is 1. The monoisotopic (exact) mass is 356 g/mol. The Balaban J connectivity index is 2.05. The number of nitrogens with zero attached hydrogens (tertiary/aromatic N) is 1. The lowest BCUT2D eigenvalue weighted by Crippen LogP contribution is -2.06. The number of aromatic amines is 1. The highest BCUT2D eigenvalue weighted by Gasteiger charge is 2.16. The summed E-state index contributed by atoms with van der Waals surface area (Å²) in [6.45, 7) is 0. The zero-order valence-electron chi connectivity index (χ0n) is 12.8. The van der Waals surface area contributed by atoms with Crippen molar-refractivity contribution in [1.82, 2.24) is 9.97 Å². The van der Waals surface area contributed by atoms with E-state index < -0.39 is 5.97 Å². The van der Waals surface area contributed by atoms with Gasteiger partial charge in [0.25, 0.3) is 0 Å². The van der Waals surface area contributed by atoms with Gasteiger partial charge in [0, 0.05) is 29.1 Å². The number of hydrogen-bond donors (Lipinski definition) is 4. The molecule has 1 aromatic carbocycles. The van der Waals surface area contributed by atoms with Crippen molar-refractivity contribution in [3.63, 3.8) is 0 Å². The van der Waals surface area contributed by atoms with E-state index in [-0.39, 0.29) is 29.6 Å². The van der Waals surface area contributed by atoms with Crippen molar-refractivity contribution < 1.29 is 13.8 Å². The Kier molecular flexibility index (Phi) is 4.80. The average molecular weight is 356 g/mol. The fraction of sp³-hybridized carbons (Fsp3) is 0. The van der Waals surface area contributed by atoms with Gasteiger partial charge in [-0.15, -0.1) is 3.89 Å². The molecule has 2 aromatic heterocycles. The highest BCUT2D eigenvalue weighted by atomic mass is 32.2. The van der Waals surface area contributed by atoms with E-state index in [1.165, 1.54) is 12.3 Å². The van der Waals surface area contributed by atoms with E-state index in [0.29, 0.717) is 11.1 Å². The highest BCUT2D eigenvalue weighted by Crippen LogP contribution is 2.26. The molecule has 0 aliphatic heterocycles. The average Bonchev–Trinajstić information content (AvgIpc) is 3.13. The Morgan fingerprint density at radius 3 is 2.64 bits per heavy atom. The molecule has 0 atom stereocenters. The van der Waals surface area contributed by atoms with E-state index in [1.54, 1.807) is 12.3 Å². The Morgan fingerprint density at radius 2 is 2.00 bits per heavy atom. The lowest BCUT2D eigenvalue weighted by Gasteiger charge is -2.11. The SMILES string of the molecule is N=C(c1c[nH]c(C(=O)O)c1)c1cc(-c2ccccc2)cnc1NSF. The van der Waals surface area contributed by atoms with Crippen molar-refractivity contribution in [1.29, 1.82) is 5.41 Å². The number of benzene rings is 1. The third kappa shape index (κ3) is 3.53. The van der Waals surface area contributed by atoms with E-state index in [0.717, 1.165) is 11.1 Å². The van der Waals surface area contributed by atoms with Crippen LogP contribution in [0.4, 0.5) is 9.70 Å². The van der Waals surface area contributed by atoms with Crippen LogP contribution in [-0.2, 0) is 0 Å². The van der Waals surface area contributed by atoms with Crippen LogP contribution in [0.5, 0.6) is 0 Å². The molecule has 3 aromatic rings. The Hall–Kier alpha value is -3.13.